The summed E-state index contributed by atoms with van der Waals surface area (Å²) in [6.07, 6.45) is 7.00. The number of fused-ring (bicyclic) bond motifs is 1. The number of carbonyl (C=O) groups excluding carboxylic acids is 1. The van der Waals surface area contributed by atoms with Gasteiger partial charge < -0.3 is 4.57 Å². The van der Waals surface area contributed by atoms with E-state index in [1.54, 1.807) is 0 Å². The number of nitrogens with one attached hydrogen (secondary N) is 1. The van der Waals surface area contributed by atoms with Crippen LogP contribution in [0.15, 0.2) is 24.3 Å². The third kappa shape index (κ3) is 3.49. The minimum absolute atomic E-state index is 0.0887. The van der Waals surface area contributed by atoms with Crippen LogP contribution in [0, 0.1) is 0 Å². The van der Waals surface area contributed by atoms with Crippen molar-refractivity contribution in [3.05, 3.63) is 35.1 Å². The normalized spacial score (nSPS) is 15.4. The Morgan fingerprint density at radius 2 is 2.04 bits per heavy atom. The summed E-state index contributed by atoms with van der Waals surface area (Å²) in [4.78, 5) is 17.2. The lowest BCUT2D eigenvalue weighted by Gasteiger charge is -2.18. The van der Waals surface area contributed by atoms with Gasteiger partial charge in [0.15, 0.2) is 0 Å². The van der Waals surface area contributed by atoms with E-state index in [1.165, 1.54) is 43.4 Å². The zero-order chi connectivity index (χ0) is 17.9. The molecular weight excluding hydrogens is 346 g/mol. The van der Waals surface area contributed by atoms with E-state index in [0.29, 0.717) is 11.0 Å². The summed E-state index contributed by atoms with van der Waals surface area (Å²) in [5.74, 6) is 1.34. The van der Waals surface area contributed by atoms with Gasteiger partial charge in [-0.3, -0.25) is 10.1 Å². The van der Waals surface area contributed by atoms with Crippen LogP contribution < -0.4 is 5.32 Å². The third-order valence-corrected chi connectivity index (χ3v) is 5.99. The van der Waals surface area contributed by atoms with Crippen LogP contribution in [0.2, 0.25) is 0 Å². The molecule has 1 aromatic carbocycles. The number of hydrogen-bond donors (Lipinski definition) is 1. The standard InChI is InChI=1S/C19H23N5OS/c1-2-16-20-14-10-6-7-11-15(14)24(16)12-17(25)21-19-23-22-18(26-19)13-8-4-3-5-9-13/h6-7,10-11,13H,2-5,8-9,12H2,1H3,(H,21,23,25). The first-order chi connectivity index (χ1) is 12.7. The summed E-state index contributed by atoms with van der Waals surface area (Å²) >= 11 is 1.51. The minimum atomic E-state index is -0.0887. The van der Waals surface area contributed by atoms with Gasteiger partial charge in [-0.1, -0.05) is 49.7 Å². The van der Waals surface area contributed by atoms with E-state index in [2.05, 4.69) is 27.4 Å². The number of benzene rings is 1. The fraction of sp³-hybridized carbons (Fsp3) is 0.474. The van der Waals surface area contributed by atoms with Crippen LogP contribution in [0.5, 0.6) is 0 Å². The SMILES string of the molecule is CCc1nc2ccccc2n1CC(=O)Nc1nnc(C2CCCCC2)s1. The molecule has 2 aromatic heterocycles. The summed E-state index contributed by atoms with van der Waals surface area (Å²) in [6, 6.07) is 7.91. The summed E-state index contributed by atoms with van der Waals surface area (Å²) in [7, 11) is 0. The van der Waals surface area contributed by atoms with Crippen molar-refractivity contribution in [2.75, 3.05) is 5.32 Å². The molecule has 0 unspecified atom stereocenters. The van der Waals surface area contributed by atoms with Crippen molar-refractivity contribution in [2.45, 2.75) is 57.9 Å². The quantitative estimate of drug-likeness (QED) is 0.734. The van der Waals surface area contributed by atoms with Crippen LogP contribution in [0.3, 0.4) is 0 Å². The van der Waals surface area contributed by atoms with Crippen LogP contribution in [0.4, 0.5) is 5.13 Å². The van der Waals surface area contributed by atoms with Crippen molar-refractivity contribution in [1.29, 1.82) is 0 Å². The van der Waals surface area contributed by atoms with Gasteiger partial charge in [0.1, 0.15) is 17.4 Å². The highest BCUT2D eigenvalue weighted by Gasteiger charge is 2.20. The van der Waals surface area contributed by atoms with Gasteiger partial charge in [-0.15, -0.1) is 10.2 Å². The van der Waals surface area contributed by atoms with Gasteiger partial charge in [0.05, 0.1) is 11.0 Å². The molecule has 1 saturated carbocycles. The first kappa shape index (κ1) is 17.1. The average molecular weight is 369 g/mol. The second-order valence-corrected chi connectivity index (χ2v) is 7.79. The second-order valence-electron chi connectivity index (χ2n) is 6.79. The van der Waals surface area contributed by atoms with Gasteiger partial charge in [-0.25, -0.2) is 4.98 Å². The van der Waals surface area contributed by atoms with Crippen molar-refractivity contribution in [2.24, 2.45) is 0 Å². The highest BCUT2D eigenvalue weighted by atomic mass is 32.1. The molecule has 7 heteroatoms. The van der Waals surface area contributed by atoms with Gasteiger partial charge >= 0.3 is 0 Å². The fourth-order valence-electron chi connectivity index (χ4n) is 3.67. The molecule has 0 spiro atoms. The first-order valence-electron chi connectivity index (χ1n) is 9.32. The Morgan fingerprint density at radius 1 is 1.23 bits per heavy atom. The molecule has 6 nitrogen and oxygen atoms in total. The maximum absolute atomic E-state index is 12.6. The van der Waals surface area contributed by atoms with Crippen LogP contribution in [-0.2, 0) is 17.8 Å². The molecule has 1 N–H and O–H groups in total. The van der Waals surface area contributed by atoms with E-state index >= 15 is 0 Å². The zero-order valence-corrected chi connectivity index (χ0v) is 15.8. The number of carbonyl (C=O) groups is 1. The number of aromatic nitrogens is 4. The van der Waals surface area contributed by atoms with Crippen LogP contribution in [0.25, 0.3) is 11.0 Å². The van der Waals surface area contributed by atoms with Gasteiger partial charge in [-0.05, 0) is 25.0 Å². The smallest absolute Gasteiger partial charge is 0.246 e. The van der Waals surface area contributed by atoms with Crippen molar-refractivity contribution in [3.63, 3.8) is 0 Å². The van der Waals surface area contributed by atoms with E-state index in [4.69, 9.17) is 0 Å². The summed E-state index contributed by atoms with van der Waals surface area (Å²) in [5, 5.41) is 13.1. The van der Waals surface area contributed by atoms with Crippen LogP contribution in [0.1, 0.15) is 55.8 Å². The van der Waals surface area contributed by atoms with Crippen molar-refractivity contribution in [3.8, 4) is 0 Å². The molecule has 2 heterocycles. The number of amides is 1. The molecule has 1 fully saturated rings. The molecule has 136 valence electrons. The molecule has 1 aliphatic carbocycles. The molecule has 1 amide bonds. The van der Waals surface area contributed by atoms with Gasteiger partial charge in [0, 0.05) is 12.3 Å². The highest BCUT2D eigenvalue weighted by Crippen LogP contribution is 2.35. The maximum Gasteiger partial charge on any atom is 0.246 e. The maximum atomic E-state index is 12.6. The molecule has 4 rings (SSSR count). The number of hydrogen-bond acceptors (Lipinski definition) is 5. The molecule has 26 heavy (non-hydrogen) atoms. The van der Waals surface area contributed by atoms with Crippen molar-refractivity contribution < 1.29 is 4.79 Å². The molecule has 0 atom stereocenters. The Kier molecular flexibility index (Phi) is 4.97. The lowest BCUT2D eigenvalue weighted by Crippen LogP contribution is -2.20. The number of aryl methyl sites for hydroxylation is 1. The highest BCUT2D eigenvalue weighted by molar-refractivity contribution is 7.15. The summed E-state index contributed by atoms with van der Waals surface area (Å²) < 4.78 is 1.98. The summed E-state index contributed by atoms with van der Waals surface area (Å²) in [5.41, 5.74) is 1.91. The molecule has 0 bridgehead atoms. The average Bonchev–Trinajstić information content (AvgIpc) is 3.27. The molecular formula is C19H23N5OS. The topological polar surface area (TPSA) is 72.7 Å². The molecule has 3 aromatic rings. The second kappa shape index (κ2) is 7.53. The van der Waals surface area contributed by atoms with E-state index < -0.39 is 0 Å². The zero-order valence-electron chi connectivity index (χ0n) is 14.9. The van der Waals surface area contributed by atoms with Crippen LogP contribution in [-0.4, -0.2) is 25.7 Å². The Hall–Kier alpha value is -2.28. The predicted octanol–water partition coefficient (Wildman–Crippen LogP) is 4.14. The van der Waals surface area contributed by atoms with E-state index in [1.807, 2.05) is 28.8 Å². The minimum Gasteiger partial charge on any atom is -0.318 e. The summed E-state index contributed by atoms with van der Waals surface area (Å²) in [6.45, 7) is 2.29. The number of anilines is 1. The Labute approximate surface area is 156 Å². The van der Waals surface area contributed by atoms with E-state index in [9.17, 15) is 4.79 Å². The first-order valence-corrected chi connectivity index (χ1v) is 10.1. The molecule has 0 aliphatic heterocycles. The Morgan fingerprint density at radius 3 is 2.85 bits per heavy atom. The van der Waals surface area contributed by atoms with Crippen molar-refractivity contribution in [1.82, 2.24) is 19.7 Å². The van der Waals surface area contributed by atoms with Gasteiger partial charge in [0.2, 0.25) is 11.0 Å². The lowest BCUT2D eigenvalue weighted by molar-refractivity contribution is -0.116. The predicted molar refractivity (Wildman–Crippen MR) is 103 cm³/mol. The number of rotatable bonds is 5. The number of nitrogens with zero attached hydrogens (tertiary/aromatic N) is 4. The monoisotopic (exact) mass is 369 g/mol. The van der Waals surface area contributed by atoms with Crippen LogP contribution >= 0.6 is 11.3 Å². The fourth-order valence-corrected chi connectivity index (χ4v) is 4.60. The third-order valence-electron chi connectivity index (χ3n) is 4.99. The van der Waals surface area contributed by atoms with Crippen molar-refractivity contribution >= 4 is 33.4 Å². The molecule has 0 radical (unpaired) electrons. The number of para-hydroxylation sites is 2. The van der Waals surface area contributed by atoms with E-state index in [-0.39, 0.29) is 12.5 Å². The van der Waals surface area contributed by atoms with E-state index in [0.717, 1.165) is 28.3 Å². The molecule has 0 saturated heterocycles. The lowest BCUT2D eigenvalue weighted by atomic mass is 9.90. The van der Waals surface area contributed by atoms with Gasteiger partial charge in [-0.2, -0.15) is 0 Å². The molecule has 1 aliphatic rings. The number of imidazole rings is 1. The largest absolute Gasteiger partial charge is 0.318 e. The van der Waals surface area contributed by atoms with Gasteiger partial charge in [0.25, 0.3) is 0 Å². The Balaban J connectivity index is 1.47. The Bertz CT molecular complexity index is 910.